The molecule has 0 aromatic carbocycles. The van der Waals surface area contributed by atoms with Crippen LogP contribution in [0.1, 0.15) is 39.0 Å². The van der Waals surface area contributed by atoms with E-state index in [0.717, 1.165) is 12.8 Å². The number of hydrogen-bond acceptors (Lipinski definition) is 4. The van der Waals surface area contributed by atoms with Crippen LogP contribution in [0.3, 0.4) is 0 Å². The van der Waals surface area contributed by atoms with Gasteiger partial charge in [-0.05, 0) is 19.3 Å². The zero-order chi connectivity index (χ0) is 16.1. The Hall–Kier alpha value is -1.24. The van der Waals surface area contributed by atoms with E-state index in [9.17, 15) is 14.4 Å². The van der Waals surface area contributed by atoms with Crippen molar-refractivity contribution >= 4 is 29.5 Å². The fourth-order valence-electron chi connectivity index (χ4n) is 2.95. The molecular formula is C15H24N2O4S. The molecule has 2 aliphatic heterocycles. The Morgan fingerprint density at radius 3 is 2.77 bits per heavy atom. The van der Waals surface area contributed by atoms with Gasteiger partial charge in [-0.15, -0.1) is 11.8 Å². The van der Waals surface area contributed by atoms with Gasteiger partial charge in [0.25, 0.3) is 0 Å². The van der Waals surface area contributed by atoms with Crippen molar-refractivity contribution in [3.05, 3.63) is 0 Å². The molecule has 2 heterocycles. The summed E-state index contributed by atoms with van der Waals surface area (Å²) in [5.41, 5.74) is 0. The number of piperidine rings is 1. The Bertz CT molecular complexity index is 443. The summed E-state index contributed by atoms with van der Waals surface area (Å²) in [4.78, 5) is 39.3. The molecule has 0 radical (unpaired) electrons. The maximum absolute atomic E-state index is 12.7. The van der Waals surface area contributed by atoms with Crippen LogP contribution in [0, 0.1) is 5.92 Å². The molecule has 1 N–H and O–H groups in total. The van der Waals surface area contributed by atoms with Crippen molar-refractivity contribution in [2.45, 2.75) is 45.1 Å². The molecule has 0 aliphatic carbocycles. The Morgan fingerprint density at radius 1 is 1.32 bits per heavy atom. The number of carbonyl (C=O) groups excluding carboxylic acids is 2. The van der Waals surface area contributed by atoms with Crippen LogP contribution in [0.4, 0.5) is 0 Å². The molecule has 6 nitrogen and oxygen atoms in total. The first-order valence-electron chi connectivity index (χ1n) is 7.93. The van der Waals surface area contributed by atoms with Gasteiger partial charge in [0.2, 0.25) is 11.8 Å². The molecule has 2 aliphatic rings. The fourth-order valence-corrected chi connectivity index (χ4v) is 4.13. The standard InChI is InChI=1S/C15H24N2O4S/c1-2-3-6-13(18)17-10-22-9-12(17)14(19)16-7-4-5-11(8-16)15(20)21/h11-12H,2-10H2,1H3,(H,20,21). The van der Waals surface area contributed by atoms with E-state index in [4.69, 9.17) is 5.11 Å². The van der Waals surface area contributed by atoms with Gasteiger partial charge in [-0.25, -0.2) is 0 Å². The van der Waals surface area contributed by atoms with Crippen molar-refractivity contribution in [1.82, 2.24) is 9.80 Å². The topological polar surface area (TPSA) is 77.9 Å². The number of carboxylic acid groups (broad SMARTS) is 1. The van der Waals surface area contributed by atoms with Crippen LogP contribution < -0.4 is 0 Å². The zero-order valence-electron chi connectivity index (χ0n) is 13.0. The van der Waals surface area contributed by atoms with Gasteiger partial charge in [-0.2, -0.15) is 0 Å². The second-order valence-electron chi connectivity index (χ2n) is 5.94. The van der Waals surface area contributed by atoms with Crippen molar-refractivity contribution in [2.24, 2.45) is 5.92 Å². The minimum absolute atomic E-state index is 0.0389. The summed E-state index contributed by atoms with van der Waals surface area (Å²) in [5.74, 6) is -0.178. The van der Waals surface area contributed by atoms with E-state index in [2.05, 4.69) is 0 Å². The number of hydrogen-bond donors (Lipinski definition) is 1. The average Bonchev–Trinajstić information content (AvgIpc) is 3.01. The first-order chi connectivity index (χ1) is 10.5. The zero-order valence-corrected chi connectivity index (χ0v) is 13.8. The summed E-state index contributed by atoms with van der Waals surface area (Å²) in [6.45, 7) is 2.90. The van der Waals surface area contributed by atoms with E-state index < -0.39 is 17.9 Å². The monoisotopic (exact) mass is 328 g/mol. The Balaban J connectivity index is 1.98. The number of unbranched alkanes of at least 4 members (excludes halogenated alkanes) is 1. The number of carboxylic acids is 1. The van der Waals surface area contributed by atoms with Gasteiger partial charge in [0, 0.05) is 25.3 Å². The lowest BCUT2D eigenvalue weighted by Gasteiger charge is -2.34. The van der Waals surface area contributed by atoms with Gasteiger partial charge < -0.3 is 14.9 Å². The summed E-state index contributed by atoms with van der Waals surface area (Å²) in [7, 11) is 0. The summed E-state index contributed by atoms with van der Waals surface area (Å²) >= 11 is 1.59. The lowest BCUT2D eigenvalue weighted by molar-refractivity contribution is -0.149. The maximum Gasteiger partial charge on any atom is 0.308 e. The summed E-state index contributed by atoms with van der Waals surface area (Å²) in [5, 5.41) is 9.13. The number of likely N-dealkylation sites (tertiary alicyclic amines) is 1. The number of rotatable bonds is 5. The number of carbonyl (C=O) groups is 3. The molecule has 2 rings (SSSR count). The first-order valence-corrected chi connectivity index (χ1v) is 9.08. The highest BCUT2D eigenvalue weighted by Gasteiger charge is 2.38. The molecular weight excluding hydrogens is 304 g/mol. The second kappa shape index (κ2) is 7.85. The van der Waals surface area contributed by atoms with Gasteiger partial charge >= 0.3 is 5.97 Å². The molecule has 0 aromatic rings. The van der Waals surface area contributed by atoms with E-state index in [0.29, 0.717) is 37.4 Å². The molecule has 22 heavy (non-hydrogen) atoms. The number of nitrogens with zero attached hydrogens (tertiary/aromatic N) is 2. The minimum Gasteiger partial charge on any atom is -0.481 e. The molecule has 2 atom stereocenters. The van der Waals surface area contributed by atoms with Gasteiger partial charge in [0.1, 0.15) is 6.04 Å². The molecule has 2 unspecified atom stereocenters. The van der Waals surface area contributed by atoms with Crippen LogP contribution in [0.5, 0.6) is 0 Å². The summed E-state index contributed by atoms with van der Waals surface area (Å²) in [6, 6.07) is -0.415. The molecule has 2 amide bonds. The molecule has 0 bridgehead atoms. The molecule has 2 saturated heterocycles. The maximum atomic E-state index is 12.7. The quantitative estimate of drug-likeness (QED) is 0.825. The van der Waals surface area contributed by atoms with Crippen molar-refractivity contribution in [3.63, 3.8) is 0 Å². The Kier molecular flexibility index (Phi) is 6.11. The molecule has 2 fully saturated rings. The van der Waals surface area contributed by atoms with Gasteiger partial charge in [0.05, 0.1) is 11.8 Å². The second-order valence-corrected chi connectivity index (χ2v) is 6.94. The van der Waals surface area contributed by atoms with Crippen molar-refractivity contribution in [3.8, 4) is 0 Å². The Labute approximate surface area is 135 Å². The summed E-state index contributed by atoms with van der Waals surface area (Å²) < 4.78 is 0. The third kappa shape index (κ3) is 3.94. The van der Waals surface area contributed by atoms with E-state index in [1.54, 1.807) is 21.6 Å². The predicted octanol–water partition coefficient (Wildman–Crippen LogP) is 1.40. The predicted molar refractivity (Wildman–Crippen MR) is 84.4 cm³/mol. The van der Waals surface area contributed by atoms with Gasteiger partial charge in [-0.1, -0.05) is 13.3 Å². The first kappa shape index (κ1) is 17.1. The van der Waals surface area contributed by atoms with Crippen LogP contribution in [-0.2, 0) is 14.4 Å². The SMILES string of the molecule is CCCCC(=O)N1CSCC1C(=O)N1CCCC(C(=O)O)C1. The average molecular weight is 328 g/mol. The number of thioether (sulfide) groups is 1. The van der Waals surface area contributed by atoms with Gasteiger partial charge in [-0.3, -0.25) is 14.4 Å². The molecule has 0 aromatic heterocycles. The smallest absolute Gasteiger partial charge is 0.308 e. The lowest BCUT2D eigenvalue weighted by atomic mass is 9.97. The van der Waals surface area contributed by atoms with E-state index >= 15 is 0 Å². The number of amides is 2. The fraction of sp³-hybridized carbons (Fsp3) is 0.800. The summed E-state index contributed by atoms with van der Waals surface area (Å²) in [6.07, 6.45) is 3.62. The van der Waals surface area contributed by atoms with Gasteiger partial charge in [0.15, 0.2) is 0 Å². The van der Waals surface area contributed by atoms with Crippen LogP contribution in [0.25, 0.3) is 0 Å². The van der Waals surface area contributed by atoms with E-state index in [-0.39, 0.29) is 18.4 Å². The Morgan fingerprint density at radius 2 is 2.09 bits per heavy atom. The third-order valence-corrected chi connectivity index (χ3v) is 5.33. The normalized spacial score (nSPS) is 25.3. The highest BCUT2D eigenvalue weighted by Crippen LogP contribution is 2.26. The lowest BCUT2D eigenvalue weighted by Crippen LogP contribution is -2.52. The van der Waals surface area contributed by atoms with Crippen LogP contribution >= 0.6 is 11.8 Å². The largest absolute Gasteiger partial charge is 0.481 e. The molecule has 124 valence electrons. The van der Waals surface area contributed by atoms with Crippen LogP contribution in [0.15, 0.2) is 0 Å². The number of aliphatic carboxylic acids is 1. The van der Waals surface area contributed by atoms with Crippen LogP contribution in [0.2, 0.25) is 0 Å². The molecule has 7 heteroatoms. The molecule has 0 saturated carbocycles. The van der Waals surface area contributed by atoms with E-state index in [1.165, 1.54) is 0 Å². The van der Waals surface area contributed by atoms with Crippen molar-refractivity contribution < 1.29 is 19.5 Å². The van der Waals surface area contributed by atoms with E-state index in [1.807, 2.05) is 6.92 Å². The highest BCUT2D eigenvalue weighted by atomic mass is 32.2. The third-order valence-electron chi connectivity index (χ3n) is 4.31. The highest BCUT2D eigenvalue weighted by molar-refractivity contribution is 7.99. The van der Waals surface area contributed by atoms with Crippen molar-refractivity contribution in [1.29, 1.82) is 0 Å². The molecule has 0 spiro atoms. The van der Waals surface area contributed by atoms with Crippen molar-refractivity contribution in [2.75, 3.05) is 24.7 Å². The van der Waals surface area contributed by atoms with Crippen LogP contribution in [-0.4, -0.2) is 63.5 Å². The minimum atomic E-state index is -0.839.